The van der Waals surface area contributed by atoms with Crippen LogP contribution < -0.4 is 4.74 Å². The second-order valence-corrected chi connectivity index (χ2v) is 6.74. The zero-order chi connectivity index (χ0) is 16.4. The lowest BCUT2D eigenvalue weighted by Gasteiger charge is -2.12. The monoisotopic (exact) mass is 332 g/mol. The van der Waals surface area contributed by atoms with Crippen molar-refractivity contribution >= 4 is 22.8 Å². The molecular formula is C17H14F2N2OS. The minimum Gasteiger partial charge on any atom is -0.436 e. The van der Waals surface area contributed by atoms with Crippen molar-refractivity contribution in [3.63, 3.8) is 0 Å². The Kier molecular flexibility index (Phi) is 4.43. The van der Waals surface area contributed by atoms with E-state index in [4.69, 9.17) is 4.74 Å². The highest BCUT2D eigenvalue weighted by atomic mass is 32.2. The largest absolute Gasteiger partial charge is 0.436 e. The number of aromatic nitrogens is 2. The molecule has 0 spiro atoms. The van der Waals surface area contributed by atoms with Crippen LogP contribution in [0.5, 0.6) is 11.6 Å². The highest BCUT2D eigenvalue weighted by Crippen LogP contribution is 2.36. The number of halogens is 2. The normalized spacial score (nSPS) is 11.2. The molecule has 3 nitrogen and oxygen atoms in total. The molecule has 0 N–H and O–H groups in total. The molecule has 3 aromatic rings. The lowest BCUT2D eigenvalue weighted by Crippen LogP contribution is -1.96. The summed E-state index contributed by atoms with van der Waals surface area (Å²) < 4.78 is 33.3. The van der Waals surface area contributed by atoms with Gasteiger partial charge in [-0.15, -0.1) is 11.8 Å². The molecular weight excluding hydrogens is 318 g/mol. The van der Waals surface area contributed by atoms with Crippen LogP contribution in [-0.4, -0.2) is 15.2 Å². The third kappa shape index (κ3) is 3.42. The SMILES string of the molecule is CC(C)Sc1c(F)cccc1Oc1cnc2c(F)cccc2n1. The predicted octanol–water partition coefficient (Wildman–Crippen LogP) is 5.20. The first-order chi connectivity index (χ1) is 11.0. The van der Waals surface area contributed by atoms with E-state index >= 15 is 0 Å². The Balaban J connectivity index is 1.97. The van der Waals surface area contributed by atoms with Gasteiger partial charge >= 0.3 is 0 Å². The molecule has 1 aromatic heterocycles. The van der Waals surface area contributed by atoms with Gasteiger partial charge in [0.05, 0.1) is 16.6 Å². The van der Waals surface area contributed by atoms with Crippen LogP contribution in [0.25, 0.3) is 11.0 Å². The highest BCUT2D eigenvalue weighted by Gasteiger charge is 2.14. The molecule has 0 radical (unpaired) electrons. The number of nitrogens with zero attached hydrogens (tertiary/aromatic N) is 2. The van der Waals surface area contributed by atoms with Gasteiger partial charge in [-0.25, -0.2) is 18.7 Å². The molecule has 0 aliphatic heterocycles. The average molecular weight is 332 g/mol. The summed E-state index contributed by atoms with van der Waals surface area (Å²) in [7, 11) is 0. The van der Waals surface area contributed by atoms with Crippen LogP contribution in [-0.2, 0) is 0 Å². The van der Waals surface area contributed by atoms with Gasteiger partial charge in [-0.05, 0) is 24.3 Å². The molecule has 3 rings (SSSR count). The highest BCUT2D eigenvalue weighted by molar-refractivity contribution is 8.00. The summed E-state index contributed by atoms with van der Waals surface area (Å²) in [6.07, 6.45) is 1.33. The summed E-state index contributed by atoms with van der Waals surface area (Å²) in [4.78, 5) is 8.67. The van der Waals surface area contributed by atoms with Crippen molar-refractivity contribution in [3.05, 3.63) is 54.2 Å². The smallest absolute Gasteiger partial charge is 0.238 e. The zero-order valence-electron chi connectivity index (χ0n) is 12.6. The van der Waals surface area contributed by atoms with Crippen molar-refractivity contribution in [1.29, 1.82) is 0 Å². The maximum atomic E-state index is 14.0. The van der Waals surface area contributed by atoms with Crippen LogP contribution in [0.2, 0.25) is 0 Å². The second kappa shape index (κ2) is 6.50. The fourth-order valence-corrected chi connectivity index (χ4v) is 2.95. The Bertz CT molecular complexity index is 855. The van der Waals surface area contributed by atoms with E-state index in [1.54, 1.807) is 24.3 Å². The molecule has 118 valence electrons. The van der Waals surface area contributed by atoms with E-state index in [9.17, 15) is 8.78 Å². The molecule has 0 saturated carbocycles. The maximum Gasteiger partial charge on any atom is 0.238 e. The van der Waals surface area contributed by atoms with Crippen molar-refractivity contribution in [2.24, 2.45) is 0 Å². The molecule has 23 heavy (non-hydrogen) atoms. The Labute approximate surface area is 136 Å². The molecule has 0 unspecified atom stereocenters. The van der Waals surface area contributed by atoms with Crippen LogP contribution in [0.1, 0.15) is 13.8 Å². The summed E-state index contributed by atoms with van der Waals surface area (Å²) in [5.41, 5.74) is 0.563. The standard InChI is InChI=1S/C17H14F2N2OS/c1-10(2)23-17-12(19)6-4-8-14(17)22-15-9-20-16-11(18)5-3-7-13(16)21-15/h3-10H,1-2H3. The van der Waals surface area contributed by atoms with Crippen molar-refractivity contribution in [2.75, 3.05) is 0 Å². The third-order valence-corrected chi connectivity index (χ3v) is 4.10. The number of hydrogen-bond donors (Lipinski definition) is 0. The van der Waals surface area contributed by atoms with Crippen LogP contribution in [0, 0.1) is 11.6 Å². The molecule has 0 saturated heterocycles. The van der Waals surface area contributed by atoms with E-state index < -0.39 is 5.82 Å². The van der Waals surface area contributed by atoms with Gasteiger partial charge < -0.3 is 4.74 Å². The van der Waals surface area contributed by atoms with Crippen molar-refractivity contribution in [1.82, 2.24) is 9.97 Å². The molecule has 0 amide bonds. The number of fused-ring (bicyclic) bond motifs is 1. The van der Waals surface area contributed by atoms with Crippen LogP contribution in [0.15, 0.2) is 47.5 Å². The molecule has 0 aliphatic carbocycles. The predicted molar refractivity (Wildman–Crippen MR) is 87.0 cm³/mol. The topological polar surface area (TPSA) is 35.0 Å². The number of hydrogen-bond acceptors (Lipinski definition) is 4. The van der Waals surface area contributed by atoms with Gasteiger partial charge in [0.2, 0.25) is 5.88 Å². The van der Waals surface area contributed by atoms with E-state index in [0.29, 0.717) is 16.2 Å². The summed E-state index contributed by atoms with van der Waals surface area (Å²) in [6, 6.07) is 9.15. The van der Waals surface area contributed by atoms with E-state index in [1.807, 2.05) is 13.8 Å². The Morgan fingerprint density at radius 1 is 1.04 bits per heavy atom. The van der Waals surface area contributed by atoms with E-state index in [-0.39, 0.29) is 22.5 Å². The van der Waals surface area contributed by atoms with Crippen LogP contribution in [0.4, 0.5) is 8.78 Å². The van der Waals surface area contributed by atoms with E-state index in [2.05, 4.69) is 9.97 Å². The number of para-hydroxylation sites is 1. The molecule has 0 atom stereocenters. The number of thioether (sulfide) groups is 1. The van der Waals surface area contributed by atoms with Gasteiger partial charge in [0.25, 0.3) is 0 Å². The van der Waals surface area contributed by atoms with Gasteiger partial charge in [-0.2, -0.15) is 0 Å². The summed E-state index contributed by atoms with van der Waals surface area (Å²) in [6.45, 7) is 3.94. The lowest BCUT2D eigenvalue weighted by atomic mass is 10.3. The Hall–Kier alpha value is -2.21. The van der Waals surface area contributed by atoms with E-state index in [0.717, 1.165) is 0 Å². The molecule has 0 aliphatic rings. The van der Waals surface area contributed by atoms with Crippen molar-refractivity contribution in [3.8, 4) is 11.6 Å². The van der Waals surface area contributed by atoms with Crippen molar-refractivity contribution < 1.29 is 13.5 Å². The molecule has 1 heterocycles. The third-order valence-electron chi connectivity index (χ3n) is 3.00. The fourth-order valence-electron chi connectivity index (χ4n) is 2.07. The Morgan fingerprint density at radius 2 is 1.78 bits per heavy atom. The van der Waals surface area contributed by atoms with Gasteiger partial charge in [0.15, 0.2) is 5.82 Å². The maximum absolute atomic E-state index is 14.0. The lowest BCUT2D eigenvalue weighted by molar-refractivity contribution is 0.441. The number of benzene rings is 2. The van der Waals surface area contributed by atoms with Gasteiger partial charge in [-0.1, -0.05) is 26.0 Å². The number of ether oxygens (including phenoxy) is 1. The van der Waals surface area contributed by atoms with Gasteiger partial charge in [0, 0.05) is 5.25 Å². The van der Waals surface area contributed by atoms with Crippen LogP contribution >= 0.6 is 11.8 Å². The first kappa shape index (κ1) is 15.7. The molecule has 0 fully saturated rings. The quantitative estimate of drug-likeness (QED) is 0.615. The van der Waals surface area contributed by atoms with Gasteiger partial charge in [0.1, 0.15) is 17.1 Å². The van der Waals surface area contributed by atoms with E-state index in [1.165, 1.54) is 30.1 Å². The second-order valence-electron chi connectivity index (χ2n) is 5.15. The molecule has 0 bridgehead atoms. The summed E-state index contributed by atoms with van der Waals surface area (Å²) >= 11 is 1.37. The minimum atomic E-state index is -0.441. The van der Waals surface area contributed by atoms with Crippen LogP contribution in [0.3, 0.4) is 0 Å². The summed E-state index contributed by atoms with van der Waals surface area (Å²) in [5.74, 6) is -0.225. The molecule has 6 heteroatoms. The van der Waals surface area contributed by atoms with Gasteiger partial charge in [-0.3, -0.25) is 0 Å². The number of rotatable bonds is 4. The Morgan fingerprint density at radius 3 is 2.57 bits per heavy atom. The fraction of sp³-hybridized carbons (Fsp3) is 0.176. The first-order valence-corrected chi connectivity index (χ1v) is 7.97. The minimum absolute atomic E-state index is 0.177. The molecule has 2 aromatic carbocycles. The summed E-state index contributed by atoms with van der Waals surface area (Å²) in [5, 5.41) is 0.200. The average Bonchev–Trinajstić information content (AvgIpc) is 2.51. The van der Waals surface area contributed by atoms with Crippen molar-refractivity contribution in [2.45, 2.75) is 24.0 Å². The first-order valence-electron chi connectivity index (χ1n) is 7.09. The zero-order valence-corrected chi connectivity index (χ0v) is 13.4.